The van der Waals surface area contributed by atoms with E-state index in [0.29, 0.717) is 12.2 Å². The summed E-state index contributed by atoms with van der Waals surface area (Å²) in [6.07, 6.45) is 0.367. The fourth-order valence-corrected chi connectivity index (χ4v) is 1.49. The molecule has 1 aromatic carbocycles. The third-order valence-electron chi connectivity index (χ3n) is 2.38. The molecule has 0 unspecified atom stereocenters. The molecule has 0 amide bonds. The number of hydrogen-bond acceptors (Lipinski definition) is 3. The fourth-order valence-electron chi connectivity index (χ4n) is 1.49. The van der Waals surface area contributed by atoms with Gasteiger partial charge in [-0.15, -0.1) is 0 Å². The lowest BCUT2D eigenvalue weighted by atomic mass is 10.2. The highest BCUT2D eigenvalue weighted by Gasteiger charge is 2.07. The van der Waals surface area contributed by atoms with Crippen molar-refractivity contribution in [3.8, 4) is 5.75 Å². The van der Waals surface area contributed by atoms with E-state index >= 15 is 0 Å². The molecule has 0 spiro atoms. The van der Waals surface area contributed by atoms with Crippen molar-refractivity contribution < 1.29 is 9.53 Å². The van der Waals surface area contributed by atoms with Gasteiger partial charge in [0.1, 0.15) is 0 Å². The lowest BCUT2D eigenvalue weighted by Gasteiger charge is -2.07. The van der Waals surface area contributed by atoms with Crippen LogP contribution in [0.4, 0.5) is 0 Å². The SMILES string of the molecule is CCC(=O)Oc1cc2ccccc2nc1C. The average Bonchev–Trinajstić information content (AvgIpc) is 2.30. The molecule has 0 aliphatic rings. The maximum absolute atomic E-state index is 11.2. The van der Waals surface area contributed by atoms with Gasteiger partial charge in [0.15, 0.2) is 5.75 Å². The minimum Gasteiger partial charge on any atom is -0.425 e. The van der Waals surface area contributed by atoms with E-state index in [1.54, 1.807) is 6.92 Å². The number of carbonyl (C=O) groups excluding carboxylic acids is 1. The maximum Gasteiger partial charge on any atom is 0.310 e. The van der Waals surface area contributed by atoms with Gasteiger partial charge in [-0.2, -0.15) is 0 Å². The Hall–Kier alpha value is -1.90. The first-order chi connectivity index (χ1) is 7.70. The lowest BCUT2D eigenvalue weighted by molar-refractivity contribution is -0.134. The molecule has 0 N–H and O–H groups in total. The van der Waals surface area contributed by atoms with E-state index in [1.165, 1.54) is 0 Å². The quantitative estimate of drug-likeness (QED) is 0.723. The van der Waals surface area contributed by atoms with Gasteiger partial charge in [0, 0.05) is 11.8 Å². The molecule has 1 heterocycles. The van der Waals surface area contributed by atoms with E-state index < -0.39 is 0 Å². The zero-order valence-corrected chi connectivity index (χ0v) is 9.36. The predicted molar refractivity (Wildman–Crippen MR) is 62.4 cm³/mol. The second kappa shape index (κ2) is 4.31. The van der Waals surface area contributed by atoms with Crippen LogP contribution in [0.2, 0.25) is 0 Å². The van der Waals surface area contributed by atoms with Crippen molar-refractivity contribution in [3.63, 3.8) is 0 Å². The summed E-state index contributed by atoms with van der Waals surface area (Å²) in [4.78, 5) is 15.6. The normalized spacial score (nSPS) is 10.4. The Balaban J connectivity index is 2.46. The zero-order valence-electron chi connectivity index (χ0n) is 9.36. The topological polar surface area (TPSA) is 39.2 Å². The largest absolute Gasteiger partial charge is 0.425 e. The molecule has 2 rings (SSSR count). The van der Waals surface area contributed by atoms with Gasteiger partial charge in [0.25, 0.3) is 0 Å². The number of rotatable bonds is 2. The minimum atomic E-state index is -0.236. The van der Waals surface area contributed by atoms with Crippen LogP contribution in [-0.2, 0) is 4.79 Å². The Bertz CT molecular complexity index is 534. The minimum absolute atomic E-state index is 0.236. The first kappa shape index (κ1) is 10.6. The van der Waals surface area contributed by atoms with E-state index in [0.717, 1.165) is 16.6 Å². The molecular formula is C13H13NO2. The summed E-state index contributed by atoms with van der Waals surface area (Å²) >= 11 is 0. The number of aromatic nitrogens is 1. The van der Waals surface area contributed by atoms with E-state index in [4.69, 9.17) is 4.74 Å². The molecule has 82 valence electrons. The second-order valence-electron chi connectivity index (χ2n) is 3.59. The predicted octanol–water partition coefficient (Wildman–Crippen LogP) is 2.86. The van der Waals surface area contributed by atoms with Crippen LogP contribution in [0.1, 0.15) is 19.0 Å². The van der Waals surface area contributed by atoms with Crippen LogP contribution >= 0.6 is 0 Å². The van der Waals surface area contributed by atoms with Crippen molar-refractivity contribution in [3.05, 3.63) is 36.0 Å². The van der Waals surface area contributed by atoms with Crippen LogP contribution in [0.25, 0.3) is 10.9 Å². The third kappa shape index (κ3) is 2.03. The monoisotopic (exact) mass is 215 g/mol. The zero-order chi connectivity index (χ0) is 11.5. The number of ether oxygens (including phenoxy) is 1. The Morgan fingerprint density at radius 2 is 2.12 bits per heavy atom. The molecule has 0 saturated heterocycles. The van der Waals surface area contributed by atoms with E-state index in [9.17, 15) is 4.79 Å². The van der Waals surface area contributed by atoms with Gasteiger partial charge in [-0.25, -0.2) is 4.98 Å². The Morgan fingerprint density at radius 1 is 1.38 bits per heavy atom. The average molecular weight is 215 g/mol. The van der Waals surface area contributed by atoms with Crippen molar-refractivity contribution in [2.45, 2.75) is 20.3 Å². The number of esters is 1. The molecule has 0 bridgehead atoms. The molecule has 1 aromatic heterocycles. The number of para-hydroxylation sites is 1. The highest BCUT2D eigenvalue weighted by atomic mass is 16.5. The molecule has 0 aliphatic carbocycles. The molecule has 0 saturated carbocycles. The summed E-state index contributed by atoms with van der Waals surface area (Å²) in [5.41, 5.74) is 1.65. The summed E-state index contributed by atoms with van der Waals surface area (Å²) in [5, 5.41) is 0.979. The number of hydrogen-bond donors (Lipinski definition) is 0. The highest BCUT2D eigenvalue weighted by Crippen LogP contribution is 2.22. The van der Waals surface area contributed by atoms with E-state index in [1.807, 2.05) is 37.3 Å². The first-order valence-corrected chi connectivity index (χ1v) is 5.27. The number of pyridine rings is 1. The molecule has 0 atom stereocenters. The summed E-state index contributed by atoms with van der Waals surface area (Å²) < 4.78 is 5.20. The van der Waals surface area contributed by atoms with Crippen molar-refractivity contribution in [1.29, 1.82) is 0 Å². The van der Waals surface area contributed by atoms with Crippen LogP contribution in [0, 0.1) is 6.92 Å². The van der Waals surface area contributed by atoms with Crippen LogP contribution in [-0.4, -0.2) is 11.0 Å². The van der Waals surface area contributed by atoms with Gasteiger partial charge in [0.05, 0.1) is 11.2 Å². The van der Waals surface area contributed by atoms with Crippen molar-refractivity contribution >= 4 is 16.9 Å². The number of nitrogens with zero attached hydrogens (tertiary/aromatic N) is 1. The first-order valence-electron chi connectivity index (χ1n) is 5.27. The molecule has 2 aromatic rings. The van der Waals surface area contributed by atoms with Gasteiger partial charge in [0.2, 0.25) is 0 Å². The van der Waals surface area contributed by atoms with Crippen LogP contribution < -0.4 is 4.74 Å². The smallest absolute Gasteiger partial charge is 0.310 e. The maximum atomic E-state index is 11.2. The summed E-state index contributed by atoms with van der Waals surface area (Å²) in [5.74, 6) is 0.311. The summed E-state index contributed by atoms with van der Waals surface area (Å²) in [6, 6.07) is 9.61. The van der Waals surface area contributed by atoms with Crippen LogP contribution in [0.15, 0.2) is 30.3 Å². The van der Waals surface area contributed by atoms with Gasteiger partial charge >= 0.3 is 5.97 Å². The third-order valence-corrected chi connectivity index (χ3v) is 2.38. The molecular weight excluding hydrogens is 202 g/mol. The van der Waals surface area contributed by atoms with Gasteiger partial charge < -0.3 is 4.74 Å². The standard InChI is InChI=1S/C13H13NO2/c1-3-13(15)16-12-8-10-6-4-5-7-11(10)14-9(12)2/h4-8H,3H2,1-2H3. The summed E-state index contributed by atoms with van der Waals surface area (Å²) in [6.45, 7) is 3.61. The van der Waals surface area contributed by atoms with Crippen LogP contribution in [0.5, 0.6) is 5.75 Å². The highest BCUT2D eigenvalue weighted by molar-refractivity contribution is 5.81. The van der Waals surface area contributed by atoms with Gasteiger partial charge in [-0.3, -0.25) is 4.79 Å². The van der Waals surface area contributed by atoms with E-state index in [-0.39, 0.29) is 5.97 Å². The van der Waals surface area contributed by atoms with Gasteiger partial charge in [-0.1, -0.05) is 25.1 Å². The van der Waals surface area contributed by atoms with Crippen molar-refractivity contribution in [2.75, 3.05) is 0 Å². The van der Waals surface area contributed by atoms with Crippen LogP contribution in [0.3, 0.4) is 0 Å². The summed E-state index contributed by atoms with van der Waals surface area (Å²) in [7, 11) is 0. The molecule has 0 fully saturated rings. The lowest BCUT2D eigenvalue weighted by Crippen LogP contribution is -2.07. The van der Waals surface area contributed by atoms with Crippen molar-refractivity contribution in [2.24, 2.45) is 0 Å². The van der Waals surface area contributed by atoms with E-state index in [2.05, 4.69) is 4.98 Å². The number of aryl methyl sites for hydroxylation is 1. The molecule has 0 radical (unpaired) electrons. The molecule has 16 heavy (non-hydrogen) atoms. The number of benzene rings is 1. The fraction of sp³-hybridized carbons (Fsp3) is 0.231. The molecule has 3 heteroatoms. The Labute approximate surface area is 94.1 Å². The Morgan fingerprint density at radius 3 is 2.88 bits per heavy atom. The second-order valence-corrected chi connectivity index (χ2v) is 3.59. The van der Waals surface area contributed by atoms with Crippen molar-refractivity contribution in [1.82, 2.24) is 4.98 Å². The number of fused-ring (bicyclic) bond motifs is 1. The Kier molecular flexibility index (Phi) is 2.86. The molecule has 3 nitrogen and oxygen atoms in total. The number of carbonyl (C=O) groups is 1. The molecule has 0 aliphatic heterocycles. The van der Waals surface area contributed by atoms with Gasteiger partial charge in [-0.05, 0) is 19.1 Å².